The second-order valence-corrected chi connectivity index (χ2v) is 4.89. The number of rotatable bonds is 2. The molecule has 4 nitrogen and oxygen atoms in total. The van der Waals surface area contributed by atoms with E-state index in [0.29, 0.717) is 19.1 Å². The zero-order valence-corrected chi connectivity index (χ0v) is 11.3. The van der Waals surface area contributed by atoms with Gasteiger partial charge in [0, 0.05) is 31.7 Å². The van der Waals surface area contributed by atoms with Crippen LogP contribution < -0.4 is 0 Å². The third-order valence-corrected chi connectivity index (χ3v) is 3.65. The van der Waals surface area contributed by atoms with Crippen molar-refractivity contribution in [1.82, 2.24) is 9.80 Å². The topological polar surface area (TPSA) is 43.8 Å². The van der Waals surface area contributed by atoms with E-state index >= 15 is 0 Å². The molecule has 1 aromatic carbocycles. The first kappa shape index (κ1) is 13.8. The summed E-state index contributed by atoms with van der Waals surface area (Å²) in [5.74, 6) is -1.08. The molecule has 2 rings (SSSR count). The van der Waals surface area contributed by atoms with Gasteiger partial charge in [0.05, 0.1) is 5.56 Å². The van der Waals surface area contributed by atoms with E-state index in [1.54, 1.807) is 4.90 Å². The lowest BCUT2D eigenvalue weighted by atomic mass is 10.1. The highest BCUT2D eigenvalue weighted by molar-refractivity contribution is 5.96. The highest BCUT2D eigenvalue weighted by atomic mass is 19.1. The van der Waals surface area contributed by atoms with Crippen molar-refractivity contribution in [1.29, 1.82) is 0 Å². The molecule has 0 bridgehead atoms. The van der Waals surface area contributed by atoms with Crippen molar-refractivity contribution in [2.45, 2.75) is 19.9 Å². The predicted molar refractivity (Wildman–Crippen MR) is 70.7 cm³/mol. The molecule has 1 atom stereocenters. The van der Waals surface area contributed by atoms with E-state index in [-0.39, 0.29) is 17.2 Å². The average molecular weight is 266 g/mol. The van der Waals surface area contributed by atoms with Crippen molar-refractivity contribution in [3.63, 3.8) is 0 Å². The van der Waals surface area contributed by atoms with Crippen molar-refractivity contribution in [2.75, 3.05) is 26.2 Å². The summed E-state index contributed by atoms with van der Waals surface area (Å²) in [4.78, 5) is 16.3. The fourth-order valence-corrected chi connectivity index (χ4v) is 2.51. The summed E-state index contributed by atoms with van der Waals surface area (Å²) in [6, 6.07) is 3.80. The van der Waals surface area contributed by atoms with E-state index in [1.165, 1.54) is 12.1 Å². The molecule has 0 aromatic heterocycles. The van der Waals surface area contributed by atoms with Crippen molar-refractivity contribution >= 4 is 5.91 Å². The molecule has 1 amide bonds. The van der Waals surface area contributed by atoms with Crippen LogP contribution in [0, 0.1) is 5.82 Å². The van der Waals surface area contributed by atoms with Gasteiger partial charge in [0.25, 0.3) is 5.91 Å². The van der Waals surface area contributed by atoms with Gasteiger partial charge in [0.1, 0.15) is 11.6 Å². The molecule has 0 aliphatic carbocycles. The molecular formula is C14H19FN2O2. The van der Waals surface area contributed by atoms with Crippen LogP contribution in [-0.4, -0.2) is 53.0 Å². The van der Waals surface area contributed by atoms with Crippen LogP contribution >= 0.6 is 0 Å². The number of halogens is 1. The number of benzene rings is 1. The fourth-order valence-electron chi connectivity index (χ4n) is 2.51. The van der Waals surface area contributed by atoms with Gasteiger partial charge in [-0.15, -0.1) is 0 Å². The van der Waals surface area contributed by atoms with Crippen molar-refractivity contribution < 1.29 is 14.3 Å². The minimum absolute atomic E-state index is 0.165. The Morgan fingerprint density at radius 1 is 1.47 bits per heavy atom. The Hall–Kier alpha value is -1.62. The third kappa shape index (κ3) is 2.87. The molecule has 1 heterocycles. The van der Waals surface area contributed by atoms with Crippen molar-refractivity contribution in [3.05, 3.63) is 29.6 Å². The normalized spacial score (nSPS) is 20.6. The van der Waals surface area contributed by atoms with Crippen LogP contribution in [0.4, 0.5) is 4.39 Å². The Morgan fingerprint density at radius 3 is 2.79 bits per heavy atom. The first-order valence-electron chi connectivity index (χ1n) is 6.54. The molecule has 0 spiro atoms. The van der Waals surface area contributed by atoms with Gasteiger partial charge in [-0.2, -0.15) is 0 Å². The van der Waals surface area contributed by atoms with Gasteiger partial charge in [-0.25, -0.2) is 4.39 Å². The van der Waals surface area contributed by atoms with Gasteiger partial charge in [-0.3, -0.25) is 9.69 Å². The Kier molecular flexibility index (Phi) is 4.04. The molecule has 104 valence electrons. The van der Waals surface area contributed by atoms with E-state index in [0.717, 1.165) is 19.2 Å². The van der Waals surface area contributed by atoms with Crippen LogP contribution in [-0.2, 0) is 0 Å². The number of aromatic hydroxyl groups is 1. The molecule has 1 aromatic rings. The number of hydrogen-bond donors (Lipinski definition) is 1. The van der Waals surface area contributed by atoms with Crippen molar-refractivity contribution in [2.24, 2.45) is 0 Å². The van der Waals surface area contributed by atoms with Crippen LogP contribution in [0.15, 0.2) is 18.2 Å². The molecule has 0 saturated carbocycles. The van der Waals surface area contributed by atoms with Crippen LogP contribution in [0.3, 0.4) is 0 Å². The lowest BCUT2D eigenvalue weighted by molar-refractivity contribution is 0.0525. The Balaban J connectivity index is 2.12. The number of carbonyl (C=O) groups excluding carboxylic acids is 1. The minimum atomic E-state index is -0.543. The number of piperazine rings is 1. The summed E-state index contributed by atoms with van der Waals surface area (Å²) in [6.45, 7) is 7.22. The molecule has 1 N–H and O–H groups in total. The summed E-state index contributed by atoms with van der Waals surface area (Å²) in [7, 11) is 0. The molecule has 5 heteroatoms. The minimum Gasteiger partial charge on any atom is -0.507 e. The zero-order valence-electron chi connectivity index (χ0n) is 11.3. The van der Waals surface area contributed by atoms with Crippen LogP contribution in [0.2, 0.25) is 0 Å². The van der Waals surface area contributed by atoms with Gasteiger partial charge >= 0.3 is 0 Å². The number of phenolic OH excluding ortho intramolecular Hbond substituents is 1. The Labute approximate surface area is 112 Å². The zero-order chi connectivity index (χ0) is 14.0. The summed E-state index contributed by atoms with van der Waals surface area (Å²) in [5.41, 5.74) is 0.165. The number of amides is 1. The van der Waals surface area contributed by atoms with E-state index in [2.05, 4.69) is 18.7 Å². The molecule has 1 aliphatic rings. The summed E-state index contributed by atoms with van der Waals surface area (Å²) >= 11 is 0. The lowest BCUT2D eigenvalue weighted by Gasteiger charge is -2.39. The number of hydrogen-bond acceptors (Lipinski definition) is 3. The van der Waals surface area contributed by atoms with Crippen LogP contribution in [0.5, 0.6) is 5.75 Å². The van der Waals surface area contributed by atoms with Gasteiger partial charge in [-0.05, 0) is 25.6 Å². The summed E-state index contributed by atoms with van der Waals surface area (Å²) in [6.07, 6.45) is 0. The number of nitrogens with zero attached hydrogens (tertiary/aromatic N) is 2. The van der Waals surface area contributed by atoms with Gasteiger partial charge in [-0.1, -0.05) is 6.92 Å². The number of likely N-dealkylation sites (N-methyl/N-ethyl adjacent to an activating group) is 1. The molecule has 1 saturated heterocycles. The molecule has 1 fully saturated rings. The predicted octanol–water partition coefficient (Wildman–Crippen LogP) is 1.70. The van der Waals surface area contributed by atoms with E-state index in [9.17, 15) is 14.3 Å². The summed E-state index contributed by atoms with van der Waals surface area (Å²) < 4.78 is 12.9. The van der Waals surface area contributed by atoms with E-state index in [4.69, 9.17) is 0 Å². The smallest absolute Gasteiger partial charge is 0.257 e. The highest BCUT2D eigenvalue weighted by Gasteiger charge is 2.27. The van der Waals surface area contributed by atoms with Gasteiger partial charge in [0.15, 0.2) is 0 Å². The second kappa shape index (κ2) is 5.57. The quantitative estimate of drug-likeness (QED) is 0.886. The number of carbonyl (C=O) groups is 1. The summed E-state index contributed by atoms with van der Waals surface area (Å²) in [5, 5.41) is 9.66. The molecule has 1 aliphatic heterocycles. The lowest BCUT2D eigenvalue weighted by Crippen LogP contribution is -2.53. The van der Waals surface area contributed by atoms with E-state index < -0.39 is 5.82 Å². The fraction of sp³-hybridized carbons (Fsp3) is 0.500. The monoisotopic (exact) mass is 266 g/mol. The van der Waals surface area contributed by atoms with Gasteiger partial charge in [0.2, 0.25) is 0 Å². The standard InChI is InChI=1S/C14H19FN2O2/c1-3-16-6-7-17(9-10(16)2)14(19)12-5-4-11(15)8-13(12)18/h4-5,8,10,18H,3,6-7,9H2,1-2H3. The maximum absolute atomic E-state index is 12.9. The first-order valence-corrected chi connectivity index (χ1v) is 6.54. The largest absolute Gasteiger partial charge is 0.507 e. The molecule has 0 radical (unpaired) electrons. The van der Waals surface area contributed by atoms with Crippen LogP contribution in [0.1, 0.15) is 24.2 Å². The Morgan fingerprint density at radius 2 is 2.21 bits per heavy atom. The maximum Gasteiger partial charge on any atom is 0.257 e. The molecular weight excluding hydrogens is 247 g/mol. The van der Waals surface area contributed by atoms with E-state index in [1.807, 2.05) is 0 Å². The third-order valence-electron chi connectivity index (χ3n) is 3.65. The van der Waals surface area contributed by atoms with Crippen molar-refractivity contribution in [3.8, 4) is 5.75 Å². The Bertz CT molecular complexity index is 479. The maximum atomic E-state index is 12.9. The first-order chi connectivity index (χ1) is 9.02. The molecule has 1 unspecified atom stereocenters. The number of phenols is 1. The second-order valence-electron chi connectivity index (χ2n) is 4.89. The van der Waals surface area contributed by atoms with Gasteiger partial charge < -0.3 is 10.0 Å². The SMILES string of the molecule is CCN1CCN(C(=O)c2ccc(F)cc2O)CC1C. The average Bonchev–Trinajstić information content (AvgIpc) is 2.38. The molecule has 19 heavy (non-hydrogen) atoms. The highest BCUT2D eigenvalue weighted by Crippen LogP contribution is 2.21. The van der Waals surface area contributed by atoms with Crippen LogP contribution in [0.25, 0.3) is 0 Å².